The molecule has 3 rings (SSSR count). The van der Waals surface area contributed by atoms with Crippen LogP contribution in [0.25, 0.3) is 0 Å². The fourth-order valence-electron chi connectivity index (χ4n) is 2.88. The van der Waals surface area contributed by atoms with Gasteiger partial charge in [-0.2, -0.15) is 0 Å². The predicted octanol–water partition coefficient (Wildman–Crippen LogP) is 5.97. The van der Waals surface area contributed by atoms with Crippen LogP contribution >= 0.6 is 11.6 Å². The van der Waals surface area contributed by atoms with Crippen molar-refractivity contribution in [2.75, 3.05) is 0 Å². The summed E-state index contributed by atoms with van der Waals surface area (Å²) in [4.78, 5) is 12.5. The maximum atomic E-state index is 12.5. The van der Waals surface area contributed by atoms with Crippen molar-refractivity contribution >= 4 is 17.5 Å². The van der Waals surface area contributed by atoms with Crippen LogP contribution in [0, 0.1) is 0 Å². The van der Waals surface area contributed by atoms with E-state index in [-0.39, 0.29) is 11.9 Å². The Balaban J connectivity index is 1.57. The standard InChI is InChI=1S/C24H24ClNO2/c1-3-18-8-10-19(11-9-18)17(2)26-24(27)20-12-14-22(15-13-20)28-16-21-6-4-5-7-23(21)25/h4-15,17H,3,16H2,1-2H3,(H,26,27). The van der Waals surface area contributed by atoms with Gasteiger partial charge in [0.1, 0.15) is 12.4 Å². The molecule has 3 aromatic rings. The molecule has 0 saturated carbocycles. The van der Waals surface area contributed by atoms with E-state index < -0.39 is 0 Å². The van der Waals surface area contributed by atoms with Crippen molar-refractivity contribution in [3.8, 4) is 5.75 Å². The van der Waals surface area contributed by atoms with E-state index in [0.29, 0.717) is 22.9 Å². The van der Waals surface area contributed by atoms with E-state index in [1.165, 1.54) is 5.56 Å². The largest absolute Gasteiger partial charge is 0.489 e. The van der Waals surface area contributed by atoms with Crippen molar-refractivity contribution < 1.29 is 9.53 Å². The number of carbonyl (C=O) groups excluding carboxylic acids is 1. The maximum absolute atomic E-state index is 12.5. The lowest BCUT2D eigenvalue weighted by Crippen LogP contribution is -2.26. The molecule has 1 atom stereocenters. The summed E-state index contributed by atoms with van der Waals surface area (Å²) in [7, 11) is 0. The first-order valence-corrected chi connectivity index (χ1v) is 9.80. The first kappa shape index (κ1) is 20.0. The summed E-state index contributed by atoms with van der Waals surface area (Å²) in [5.41, 5.74) is 3.90. The average molecular weight is 394 g/mol. The monoisotopic (exact) mass is 393 g/mol. The highest BCUT2D eigenvalue weighted by atomic mass is 35.5. The summed E-state index contributed by atoms with van der Waals surface area (Å²) in [5.74, 6) is 0.587. The fourth-order valence-corrected chi connectivity index (χ4v) is 3.07. The van der Waals surface area contributed by atoms with Crippen molar-refractivity contribution in [3.63, 3.8) is 0 Å². The first-order valence-electron chi connectivity index (χ1n) is 9.42. The third-order valence-corrected chi connectivity index (χ3v) is 5.07. The lowest BCUT2D eigenvalue weighted by molar-refractivity contribution is 0.0940. The van der Waals surface area contributed by atoms with E-state index in [9.17, 15) is 4.79 Å². The summed E-state index contributed by atoms with van der Waals surface area (Å²) >= 11 is 6.14. The van der Waals surface area contributed by atoms with Crippen molar-refractivity contribution in [1.82, 2.24) is 5.32 Å². The molecule has 28 heavy (non-hydrogen) atoms. The van der Waals surface area contributed by atoms with E-state index in [4.69, 9.17) is 16.3 Å². The molecule has 0 aromatic heterocycles. The highest BCUT2D eigenvalue weighted by Crippen LogP contribution is 2.20. The first-order chi connectivity index (χ1) is 13.6. The van der Waals surface area contributed by atoms with E-state index in [2.05, 4.69) is 36.5 Å². The van der Waals surface area contributed by atoms with Gasteiger partial charge in [-0.1, -0.05) is 61.0 Å². The van der Waals surface area contributed by atoms with E-state index in [1.54, 1.807) is 24.3 Å². The zero-order chi connectivity index (χ0) is 19.9. The van der Waals surface area contributed by atoms with Gasteiger partial charge in [0.05, 0.1) is 6.04 Å². The third-order valence-electron chi connectivity index (χ3n) is 4.70. The van der Waals surface area contributed by atoms with Crippen LogP contribution in [0.4, 0.5) is 0 Å². The average Bonchev–Trinajstić information content (AvgIpc) is 2.73. The number of hydrogen-bond donors (Lipinski definition) is 1. The Labute approximate surface area is 171 Å². The van der Waals surface area contributed by atoms with Crippen LogP contribution in [-0.4, -0.2) is 5.91 Å². The topological polar surface area (TPSA) is 38.3 Å². The number of carbonyl (C=O) groups is 1. The van der Waals surface area contributed by atoms with Gasteiger partial charge < -0.3 is 10.1 Å². The number of ether oxygens (including phenoxy) is 1. The lowest BCUT2D eigenvalue weighted by atomic mass is 10.0. The third kappa shape index (κ3) is 5.14. The second kappa shape index (κ2) is 9.43. The number of aryl methyl sites for hydroxylation is 1. The fraction of sp³-hybridized carbons (Fsp3) is 0.208. The van der Waals surface area contributed by atoms with E-state index in [1.807, 2.05) is 31.2 Å². The molecule has 144 valence electrons. The van der Waals surface area contributed by atoms with Gasteiger partial charge in [0, 0.05) is 16.1 Å². The molecule has 0 radical (unpaired) electrons. The summed E-state index contributed by atoms with van der Waals surface area (Å²) in [6, 6.07) is 23.0. The summed E-state index contributed by atoms with van der Waals surface area (Å²) in [5, 5.41) is 3.72. The molecule has 0 saturated heterocycles. The second-order valence-corrected chi connectivity index (χ2v) is 7.10. The lowest BCUT2D eigenvalue weighted by Gasteiger charge is -2.15. The van der Waals surface area contributed by atoms with Crippen LogP contribution in [0.15, 0.2) is 72.8 Å². The molecule has 1 N–H and O–H groups in total. The molecular formula is C24H24ClNO2. The van der Waals surface area contributed by atoms with Gasteiger partial charge >= 0.3 is 0 Å². The maximum Gasteiger partial charge on any atom is 0.251 e. The Morgan fingerprint density at radius 2 is 1.68 bits per heavy atom. The SMILES string of the molecule is CCc1ccc(C(C)NC(=O)c2ccc(OCc3ccccc3Cl)cc2)cc1. The number of benzene rings is 3. The summed E-state index contributed by atoms with van der Waals surface area (Å²) in [6.45, 7) is 4.50. The molecule has 0 bridgehead atoms. The molecule has 3 nitrogen and oxygen atoms in total. The number of amides is 1. The van der Waals surface area contributed by atoms with Crippen molar-refractivity contribution in [3.05, 3.63) is 100 Å². The van der Waals surface area contributed by atoms with Gasteiger partial charge in [-0.25, -0.2) is 0 Å². The van der Waals surface area contributed by atoms with Crippen LogP contribution in [0.1, 0.15) is 46.9 Å². The molecular weight excluding hydrogens is 370 g/mol. The van der Waals surface area contributed by atoms with Crippen molar-refractivity contribution in [2.24, 2.45) is 0 Å². The smallest absolute Gasteiger partial charge is 0.251 e. The van der Waals surface area contributed by atoms with Gasteiger partial charge in [-0.3, -0.25) is 4.79 Å². The Kier molecular flexibility index (Phi) is 6.72. The highest BCUT2D eigenvalue weighted by Gasteiger charge is 2.11. The summed E-state index contributed by atoms with van der Waals surface area (Å²) < 4.78 is 5.76. The van der Waals surface area contributed by atoms with E-state index in [0.717, 1.165) is 17.5 Å². The van der Waals surface area contributed by atoms with E-state index >= 15 is 0 Å². The minimum atomic E-state index is -0.107. The molecule has 0 spiro atoms. The number of hydrogen-bond acceptors (Lipinski definition) is 2. The summed E-state index contributed by atoms with van der Waals surface area (Å²) in [6.07, 6.45) is 1.01. The van der Waals surface area contributed by atoms with Crippen LogP contribution in [-0.2, 0) is 13.0 Å². The normalized spacial score (nSPS) is 11.7. The van der Waals surface area contributed by atoms with Gasteiger partial charge in [0.15, 0.2) is 0 Å². The van der Waals surface area contributed by atoms with Crippen LogP contribution in [0.3, 0.4) is 0 Å². The Morgan fingerprint density at radius 1 is 1.00 bits per heavy atom. The van der Waals surface area contributed by atoms with Crippen LogP contribution in [0.5, 0.6) is 5.75 Å². The Bertz CT molecular complexity index is 920. The van der Waals surface area contributed by atoms with Crippen LogP contribution < -0.4 is 10.1 Å². The predicted molar refractivity (Wildman–Crippen MR) is 114 cm³/mol. The molecule has 0 aliphatic carbocycles. The molecule has 0 aliphatic heterocycles. The molecule has 3 aromatic carbocycles. The zero-order valence-electron chi connectivity index (χ0n) is 16.1. The molecule has 4 heteroatoms. The van der Waals surface area contributed by atoms with Crippen molar-refractivity contribution in [2.45, 2.75) is 32.9 Å². The van der Waals surface area contributed by atoms with Gasteiger partial charge in [-0.05, 0) is 54.8 Å². The van der Waals surface area contributed by atoms with Crippen molar-refractivity contribution in [1.29, 1.82) is 0 Å². The molecule has 0 aliphatic rings. The number of rotatable bonds is 7. The number of nitrogens with one attached hydrogen (secondary N) is 1. The zero-order valence-corrected chi connectivity index (χ0v) is 16.9. The Morgan fingerprint density at radius 3 is 2.32 bits per heavy atom. The van der Waals surface area contributed by atoms with Gasteiger partial charge in [0.2, 0.25) is 0 Å². The quantitative estimate of drug-likeness (QED) is 0.536. The molecule has 1 amide bonds. The molecule has 0 heterocycles. The Hall–Kier alpha value is -2.78. The van der Waals surface area contributed by atoms with Gasteiger partial charge in [0.25, 0.3) is 5.91 Å². The minimum absolute atomic E-state index is 0.0606. The van der Waals surface area contributed by atoms with Gasteiger partial charge in [-0.15, -0.1) is 0 Å². The molecule has 0 fully saturated rings. The number of halogens is 1. The molecule has 1 unspecified atom stereocenters. The minimum Gasteiger partial charge on any atom is -0.489 e. The highest BCUT2D eigenvalue weighted by molar-refractivity contribution is 6.31. The second-order valence-electron chi connectivity index (χ2n) is 6.69. The van der Waals surface area contributed by atoms with Crippen LogP contribution in [0.2, 0.25) is 5.02 Å².